The second-order valence-corrected chi connectivity index (χ2v) is 8.60. The van der Waals surface area contributed by atoms with Crippen molar-refractivity contribution < 1.29 is 18.1 Å². The zero-order valence-electron chi connectivity index (χ0n) is 16.6. The summed E-state index contributed by atoms with van der Waals surface area (Å²) in [6.07, 6.45) is 0. The van der Waals surface area contributed by atoms with Gasteiger partial charge in [0.05, 0.1) is 9.82 Å². The van der Waals surface area contributed by atoms with Gasteiger partial charge in [0.1, 0.15) is 6.61 Å². The lowest BCUT2D eigenvalue weighted by atomic mass is 10.0. The van der Waals surface area contributed by atoms with Crippen LogP contribution in [0.3, 0.4) is 0 Å². The van der Waals surface area contributed by atoms with Gasteiger partial charge in [0.2, 0.25) is 10.0 Å². The van der Waals surface area contributed by atoms with Crippen molar-refractivity contribution >= 4 is 15.7 Å². The average molecular weight is 407 g/mol. The fourth-order valence-corrected chi connectivity index (χ4v) is 4.27. The van der Waals surface area contributed by atoms with Gasteiger partial charge in [0.15, 0.2) is 5.75 Å². The Morgan fingerprint density at radius 1 is 1.07 bits per heavy atom. The topological polar surface area (TPSA) is 89.8 Å². The van der Waals surface area contributed by atoms with Crippen LogP contribution in [-0.2, 0) is 16.6 Å². The largest absolute Gasteiger partial charge is 0.482 e. The predicted octanol–water partition coefficient (Wildman–Crippen LogP) is 4.33. The van der Waals surface area contributed by atoms with E-state index < -0.39 is 14.9 Å². The molecule has 7 nitrogen and oxygen atoms in total. The molecular formula is C20H26N2O5S. The summed E-state index contributed by atoms with van der Waals surface area (Å²) in [5.41, 5.74) is 1.70. The monoisotopic (exact) mass is 406 g/mol. The normalized spacial score (nSPS) is 11.8. The predicted molar refractivity (Wildman–Crippen MR) is 108 cm³/mol. The first kappa shape index (κ1) is 21.8. The third-order valence-corrected chi connectivity index (χ3v) is 6.56. The Morgan fingerprint density at radius 3 is 2.18 bits per heavy atom. The molecule has 0 saturated heterocycles. The van der Waals surface area contributed by atoms with Crippen molar-refractivity contribution in [2.45, 2.75) is 45.1 Å². The maximum atomic E-state index is 12.6. The Bertz CT molecular complexity index is 920. The summed E-state index contributed by atoms with van der Waals surface area (Å²) < 4.78 is 32.1. The van der Waals surface area contributed by atoms with Gasteiger partial charge in [-0.2, -0.15) is 4.31 Å². The third-order valence-electron chi connectivity index (χ3n) is 4.51. The molecule has 2 rings (SSSR count). The smallest absolute Gasteiger partial charge is 0.312 e. The second-order valence-electron chi connectivity index (χ2n) is 6.66. The number of hydrogen-bond acceptors (Lipinski definition) is 5. The van der Waals surface area contributed by atoms with Gasteiger partial charge in [-0.05, 0) is 29.2 Å². The quantitative estimate of drug-likeness (QED) is 0.457. The van der Waals surface area contributed by atoms with Gasteiger partial charge >= 0.3 is 5.69 Å². The van der Waals surface area contributed by atoms with Gasteiger partial charge in [-0.25, -0.2) is 8.42 Å². The van der Waals surface area contributed by atoms with Gasteiger partial charge in [-0.15, -0.1) is 0 Å². The van der Waals surface area contributed by atoms with Crippen molar-refractivity contribution in [2.24, 2.45) is 0 Å². The fourth-order valence-electron chi connectivity index (χ4n) is 2.79. The van der Waals surface area contributed by atoms with E-state index in [0.717, 1.165) is 11.6 Å². The summed E-state index contributed by atoms with van der Waals surface area (Å²) in [6, 6.07) is 11.6. The van der Waals surface area contributed by atoms with Crippen LogP contribution in [0.1, 0.15) is 44.7 Å². The lowest BCUT2D eigenvalue weighted by molar-refractivity contribution is -0.386. The summed E-state index contributed by atoms with van der Waals surface area (Å²) in [5, 5.41) is 11.5. The van der Waals surface area contributed by atoms with Crippen LogP contribution in [0.2, 0.25) is 0 Å². The van der Waals surface area contributed by atoms with Crippen LogP contribution in [-0.4, -0.2) is 30.7 Å². The van der Waals surface area contributed by atoms with Gasteiger partial charge < -0.3 is 4.74 Å². The first-order chi connectivity index (χ1) is 13.2. The van der Waals surface area contributed by atoms with Crippen molar-refractivity contribution in [3.8, 4) is 5.75 Å². The molecule has 28 heavy (non-hydrogen) atoms. The Labute approximate surface area is 166 Å². The summed E-state index contributed by atoms with van der Waals surface area (Å²) in [5.74, 6) is 0.452. The highest BCUT2D eigenvalue weighted by Crippen LogP contribution is 2.31. The number of nitro benzene ring substituents is 1. The average Bonchev–Trinajstić information content (AvgIpc) is 2.67. The van der Waals surface area contributed by atoms with Crippen LogP contribution in [0.5, 0.6) is 5.75 Å². The molecule has 0 radical (unpaired) electrons. The van der Waals surface area contributed by atoms with Crippen molar-refractivity contribution in [3.63, 3.8) is 0 Å². The molecule has 0 bridgehead atoms. The van der Waals surface area contributed by atoms with Crippen molar-refractivity contribution in [2.75, 3.05) is 13.1 Å². The minimum absolute atomic E-state index is 0.0384. The standard InChI is InChI=1S/C20H26N2O5S/c1-5-21(6-2)28(25,26)18-11-12-20(19(13-18)22(23)24)27-14-16-7-9-17(10-8-16)15(3)4/h7-13,15H,5-6,14H2,1-4H3. The highest BCUT2D eigenvalue weighted by Gasteiger charge is 2.26. The number of ether oxygens (including phenoxy) is 1. The van der Waals surface area contributed by atoms with Gasteiger partial charge in [0, 0.05) is 19.2 Å². The number of rotatable bonds is 9. The third kappa shape index (κ3) is 4.88. The van der Waals surface area contributed by atoms with E-state index in [1.54, 1.807) is 13.8 Å². The van der Waals surface area contributed by atoms with Crippen LogP contribution in [0.25, 0.3) is 0 Å². The van der Waals surface area contributed by atoms with Crippen LogP contribution in [0.4, 0.5) is 5.69 Å². The SMILES string of the molecule is CCN(CC)S(=O)(=O)c1ccc(OCc2ccc(C(C)C)cc2)c([N+](=O)[O-])c1. The van der Waals surface area contributed by atoms with Crippen LogP contribution < -0.4 is 4.74 Å². The Hall–Kier alpha value is -2.45. The summed E-state index contributed by atoms with van der Waals surface area (Å²) in [7, 11) is -3.78. The van der Waals surface area contributed by atoms with Gasteiger partial charge in [-0.3, -0.25) is 10.1 Å². The first-order valence-corrected chi connectivity index (χ1v) is 10.6. The van der Waals surface area contributed by atoms with Crippen LogP contribution >= 0.6 is 0 Å². The molecule has 0 aromatic heterocycles. The van der Waals surface area contributed by atoms with E-state index in [-0.39, 0.29) is 36.0 Å². The molecule has 0 N–H and O–H groups in total. The molecule has 0 spiro atoms. The highest BCUT2D eigenvalue weighted by atomic mass is 32.2. The van der Waals surface area contributed by atoms with E-state index in [2.05, 4.69) is 13.8 Å². The van der Waals surface area contributed by atoms with E-state index in [9.17, 15) is 18.5 Å². The molecule has 8 heteroatoms. The van der Waals surface area contributed by atoms with Crippen LogP contribution in [0, 0.1) is 10.1 Å². The number of hydrogen-bond donors (Lipinski definition) is 0. The van der Waals surface area contributed by atoms with E-state index >= 15 is 0 Å². The molecule has 0 aliphatic carbocycles. The molecule has 2 aromatic carbocycles. The zero-order valence-corrected chi connectivity index (χ0v) is 17.4. The lowest BCUT2D eigenvalue weighted by Gasteiger charge is -2.18. The van der Waals surface area contributed by atoms with Gasteiger partial charge in [-0.1, -0.05) is 52.0 Å². The summed E-state index contributed by atoms with van der Waals surface area (Å²) >= 11 is 0. The molecule has 0 fully saturated rings. The lowest BCUT2D eigenvalue weighted by Crippen LogP contribution is -2.30. The maximum Gasteiger partial charge on any atom is 0.312 e. The number of benzene rings is 2. The van der Waals surface area contributed by atoms with Crippen LogP contribution in [0.15, 0.2) is 47.4 Å². The molecule has 0 atom stereocenters. The molecule has 2 aromatic rings. The van der Waals surface area contributed by atoms with E-state index in [4.69, 9.17) is 4.74 Å². The number of nitrogens with zero attached hydrogens (tertiary/aromatic N) is 2. The second kappa shape index (κ2) is 9.16. The first-order valence-electron chi connectivity index (χ1n) is 9.20. The van der Waals surface area contributed by atoms with E-state index in [1.165, 1.54) is 22.0 Å². The van der Waals surface area contributed by atoms with Crippen molar-refractivity contribution in [1.29, 1.82) is 0 Å². The summed E-state index contributed by atoms with van der Waals surface area (Å²) in [6.45, 7) is 8.37. The van der Waals surface area contributed by atoms with Gasteiger partial charge in [0.25, 0.3) is 0 Å². The van der Waals surface area contributed by atoms with Crippen molar-refractivity contribution in [1.82, 2.24) is 4.31 Å². The molecule has 0 amide bonds. The molecular weight excluding hydrogens is 380 g/mol. The molecule has 0 saturated carbocycles. The minimum atomic E-state index is -3.78. The molecule has 0 heterocycles. The highest BCUT2D eigenvalue weighted by molar-refractivity contribution is 7.89. The maximum absolute atomic E-state index is 12.6. The molecule has 0 aliphatic heterocycles. The molecule has 0 aliphatic rings. The molecule has 0 unspecified atom stereocenters. The van der Waals surface area contributed by atoms with E-state index in [0.29, 0.717) is 5.92 Å². The minimum Gasteiger partial charge on any atom is -0.482 e. The Balaban J connectivity index is 2.27. The summed E-state index contributed by atoms with van der Waals surface area (Å²) in [4.78, 5) is 10.7. The Morgan fingerprint density at radius 2 is 1.68 bits per heavy atom. The van der Waals surface area contributed by atoms with Crippen molar-refractivity contribution in [3.05, 3.63) is 63.7 Å². The Kier molecular flexibility index (Phi) is 7.15. The molecule has 152 valence electrons. The zero-order chi connectivity index (χ0) is 20.9. The van der Waals surface area contributed by atoms with E-state index in [1.807, 2.05) is 24.3 Å². The number of sulfonamides is 1. The fraction of sp³-hybridized carbons (Fsp3) is 0.400. The number of nitro groups is 1.